The Morgan fingerprint density at radius 1 is 0.187 bits per heavy atom. The summed E-state index contributed by atoms with van der Waals surface area (Å²) in [6.07, 6.45) is 26.7. The van der Waals surface area contributed by atoms with Crippen molar-refractivity contribution in [1.29, 1.82) is 0 Å². The summed E-state index contributed by atoms with van der Waals surface area (Å²) >= 11 is 0. The molecule has 0 atom stereocenters. The van der Waals surface area contributed by atoms with Crippen LogP contribution < -0.4 is 14.7 Å². The first-order valence-corrected chi connectivity index (χ1v) is 29.3. The maximum atomic E-state index is 2.46. The summed E-state index contributed by atoms with van der Waals surface area (Å²) < 4.78 is 0. The van der Waals surface area contributed by atoms with Crippen LogP contribution in [0.25, 0.3) is 11.1 Å². The quantitative estimate of drug-likeness (QED) is 0.107. The molecule has 4 fully saturated rings. The van der Waals surface area contributed by atoms with Crippen molar-refractivity contribution in [1.82, 2.24) is 0 Å². The fraction of sp³-hybridized carbons (Fsp3) is 0.333. The molecule has 0 amide bonds. The number of hydrogen-bond acceptors (Lipinski definition) is 3. The second kappa shape index (κ2) is 23.4. The minimum Gasteiger partial charge on any atom is -0.311 e. The van der Waals surface area contributed by atoms with Crippen LogP contribution in [-0.2, 0) is 0 Å². The van der Waals surface area contributed by atoms with Crippen molar-refractivity contribution in [3.8, 4) is 11.1 Å². The summed E-state index contributed by atoms with van der Waals surface area (Å²) in [7, 11) is 0. The van der Waals surface area contributed by atoms with Crippen LogP contribution in [0.4, 0.5) is 51.2 Å². The Bertz CT molecular complexity index is 2720. The molecule has 380 valence electrons. The average Bonchev–Trinajstić information content (AvgIpc) is 3.50. The maximum absolute atomic E-state index is 2.46. The number of benzene rings is 8. The van der Waals surface area contributed by atoms with E-state index in [1.165, 1.54) is 185 Å². The number of rotatable bonds is 14. The highest BCUT2D eigenvalue weighted by Gasteiger charge is 2.23. The monoisotopic (exact) mass is 984 g/mol. The summed E-state index contributed by atoms with van der Waals surface area (Å²) in [5.41, 5.74) is 18.9. The molecule has 12 rings (SSSR count). The van der Waals surface area contributed by atoms with Crippen LogP contribution in [0.5, 0.6) is 0 Å². The molecule has 0 saturated heterocycles. The van der Waals surface area contributed by atoms with Gasteiger partial charge < -0.3 is 14.7 Å². The summed E-state index contributed by atoms with van der Waals surface area (Å²) in [5.74, 6) is 2.70. The van der Waals surface area contributed by atoms with E-state index in [0.29, 0.717) is 23.7 Å². The zero-order valence-corrected chi connectivity index (χ0v) is 44.3. The van der Waals surface area contributed by atoms with Gasteiger partial charge in [-0.2, -0.15) is 0 Å². The lowest BCUT2D eigenvalue weighted by molar-refractivity contribution is 0.443. The van der Waals surface area contributed by atoms with E-state index in [4.69, 9.17) is 0 Å². The Labute approximate surface area is 449 Å². The van der Waals surface area contributed by atoms with Gasteiger partial charge in [-0.1, -0.05) is 168 Å². The Hall–Kier alpha value is -6.84. The fourth-order valence-electron chi connectivity index (χ4n) is 13.6. The Kier molecular flexibility index (Phi) is 15.3. The summed E-state index contributed by atoms with van der Waals surface area (Å²) in [6, 6.07) is 76.7. The van der Waals surface area contributed by atoms with Gasteiger partial charge in [-0.25, -0.2) is 0 Å². The molecular formula is C72H77N3. The van der Waals surface area contributed by atoms with Crippen molar-refractivity contribution in [3.63, 3.8) is 0 Å². The van der Waals surface area contributed by atoms with Gasteiger partial charge in [0.15, 0.2) is 0 Å². The lowest BCUT2D eigenvalue weighted by Crippen LogP contribution is -2.13. The van der Waals surface area contributed by atoms with Crippen LogP contribution in [0.3, 0.4) is 0 Å². The number of anilines is 9. The van der Waals surface area contributed by atoms with Crippen LogP contribution in [0, 0.1) is 0 Å². The molecule has 8 aromatic rings. The first kappa shape index (κ1) is 49.1. The molecule has 4 aliphatic rings. The molecule has 3 nitrogen and oxygen atoms in total. The van der Waals surface area contributed by atoms with Crippen molar-refractivity contribution in [2.75, 3.05) is 14.7 Å². The lowest BCUT2D eigenvalue weighted by Gasteiger charge is -2.30. The van der Waals surface area contributed by atoms with Crippen molar-refractivity contribution < 1.29 is 0 Å². The molecule has 8 aromatic carbocycles. The molecule has 0 aromatic heterocycles. The molecular weight excluding hydrogens is 907 g/mol. The van der Waals surface area contributed by atoms with E-state index >= 15 is 0 Å². The molecule has 0 unspecified atom stereocenters. The molecule has 0 bridgehead atoms. The summed E-state index contributed by atoms with van der Waals surface area (Å²) in [5, 5.41) is 0. The van der Waals surface area contributed by atoms with Crippen LogP contribution in [0.1, 0.15) is 174 Å². The largest absolute Gasteiger partial charge is 0.311 e. The third-order valence-electron chi connectivity index (χ3n) is 17.9. The van der Waals surface area contributed by atoms with E-state index in [2.05, 4.69) is 215 Å². The highest BCUT2D eigenvalue weighted by Crippen LogP contribution is 2.45. The molecule has 3 heteroatoms. The van der Waals surface area contributed by atoms with Gasteiger partial charge in [0.25, 0.3) is 0 Å². The first-order valence-electron chi connectivity index (χ1n) is 29.3. The van der Waals surface area contributed by atoms with E-state index in [0.717, 1.165) is 28.4 Å². The molecule has 0 radical (unpaired) electrons. The molecule has 4 saturated carbocycles. The number of nitrogens with zero attached hydrogens (tertiary/aromatic N) is 3. The summed E-state index contributed by atoms with van der Waals surface area (Å²) in [4.78, 5) is 7.35. The maximum Gasteiger partial charge on any atom is 0.0463 e. The minimum atomic E-state index is 0.676. The van der Waals surface area contributed by atoms with Crippen molar-refractivity contribution in [2.24, 2.45) is 0 Å². The Morgan fingerprint density at radius 3 is 0.600 bits per heavy atom. The third kappa shape index (κ3) is 11.3. The van der Waals surface area contributed by atoms with Crippen LogP contribution in [0.2, 0.25) is 0 Å². The van der Waals surface area contributed by atoms with Crippen LogP contribution in [-0.4, -0.2) is 0 Å². The van der Waals surface area contributed by atoms with Crippen molar-refractivity contribution >= 4 is 51.2 Å². The van der Waals surface area contributed by atoms with E-state index in [1.54, 1.807) is 0 Å². The van der Waals surface area contributed by atoms with Gasteiger partial charge in [0.2, 0.25) is 0 Å². The number of hydrogen-bond donors (Lipinski definition) is 0. The van der Waals surface area contributed by atoms with Crippen molar-refractivity contribution in [3.05, 3.63) is 222 Å². The Balaban J connectivity index is 0.896. The zero-order valence-electron chi connectivity index (χ0n) is 44.3. The van der Waals surface area contributed by atoms with Gasteiger partial charge in [0.1, 0.15) is 0 Å². The van der Waals surface area contributed by atoms with Gasteiger partial charge >= 0.3 is 0 Å². The normalized spacial score (nSPS) is 17.1. The van der Waals surface area contributed by atoms with E-state index in [-0.39, 0.29) is 0 Å². The highest BCUT2D eigenvalue weighted by atomic mass is 15.2. The predicted molar refractivity (Wildman–Crippen MR) is 319 cm³/mol. The third-order valence-corrected chi connectivity index (χ3v) is 17.9. The standard InChI is InChI=1S/C72H77N3/c1-6-16-54(17-7-1)59-26-36-64(37-27-59)73(65-38-28-60(29-39-65)55-18-8-2-9-19-55)69-46-50-71(51-47-69)75(68-44-34-63(35-45-68)58-24-14-5-15-25-58)72-52-48-70(49-53-72)74(66-40-30-61(31-41-66)56-20-10-3-11-21-56)67-42-32-62(33-43-67)57-22-12-4-13-23-57/h5,14-15,24-57H,1-4,6-13,16-23H2. The molecule has 0 aliphatic heterocycles. The van der Waals surface area contributed by atoms with E-state index < -0.39 is 0 Å². The second-order valence-corrected chi connectivity index (χ2v) is 22.7. The minimum absolute atomic E-state index is 0.676. The van der Waals surface area contributed by atoms with Gasteiger partial charge in [-0.3, -0.25) is 0 Å². The Morgan fingerprint density at radius 2 is 0.373 bits per heavy atom. The fourth-order valence-corrected chi connectivity index (χ4v) is 13.6. The van der Waals surface area contributed by atoms with Crippen LogP contribution in [0.15, 0.2) is 200 Å². The van der Waals surface area contributed by atoms with Gasteiger partial charge in [0, 0.05) is 51.2 Å². The first-order chi connectivity index (χ1) is 37.2. The smallest absolute Gasteiger partial charge is 0.0463 e. The molecule has 75 heavy (non-hydrogen) atoms. The summed E-state index contributed by atoms with van der Waals surface area (Å²) in [6.45, 7) is 0. The van der Waals surface area contributed by atoms with Gasteiger partial charge in [0.05, 0.1) is 0 Å². The van der Waals surface area contributed by atoms with Gasteiger partial charge in [-0.15, -0.1) is 0 Å². The lowest BCUT2D eigenvalue weighted by atomic mass is 9.84. The van der Waals surface area contributed by atoms with Crippen molar-refractivity contribution in [2.45, 2.75) is 152 Å². The SMILES string of the molecule is c1ccc(-c2ccc(N(c3ccc(N(c4ccc(C5CCCCC5)cc4)c4ccc(C5CCCCC5)cc4)cc3)c3ccc(N(c4ccc(C5CCCCC5)cc4)c4ccc(C5CCCCC5)cc4)cc3)cc2)cc1. The second-order valence-electron chi connectivity index (χ2n) is 22.7. The van der Waals surface area contributed by atoms with E-state index in [9.17, 15) is 0 Å². The topological polar surface area (TPSA) is 9.72 Å². The zero-order chi connectivity index (χ0) is 50.2. The predicted octanol–water partition coefficient (Wildman–Crippen LogP) is 22.0. The molecule has 0 heterocycles. The molecule has 0 spiro atoms. The highest BCUT2D eigenvalue weighted by molar-refractivity contribution is 5.84. The van der Waals surface area contributed by atoms with Crippen LogP contribution >= 0.6 is 0 Å². The van der Waals surface area contributed by atoms with Gasteiger partial charge in [-0.05, 0) is 218 Å². The van der Waals surface area contributed by atoms with E-state index in [1.807, 2.05) is 0 Å². The molecule has 0 N–H and O–H groups in total. The molecule has 4 aliphatic carbocycles. The average molecular weight is 984 g/mol.